The van der Waals surface area contributed by atoms with Crippen molar-refractivity contribution in [1.82, 2.24) is 14.9 Å². The molecule has 0 atom stereocenters. The number of carboxylic acid groups (broad SMARTS) is 1. The molecule has 2 amide bonds. The minimum atomic E-state index is -3.22. The van der Waals surface area contributed by atoms with Gasteiger partial charge in [-0.15, -0.1) is 0 Å². The summed E-state index contributed by atoms with van der Waals surface area (Å²) in [6, 6.07) is -0.455. The van der Waals surface area contributed by atoms with Gasteiger partial charge in [-0.2, -0.15) is 0 Å². The van der Waals surface area contributed by atoms with Gasteiger partial charge in [-0.1, -0.05) is 6.92 Å². The van der Waals surface area contributed by atoms with Gasteiger partial charge >= 0.3 is 12.0 Å². The molecule has 0 radical (unpaired) electrons. The normalized spacial score (nSPS) is 11.1. The summed E-state index contributed by atoms with van der Waals surface area (Å²) in [6.45, 7) is 2.37. The van der Waals surface area contributed by atoms with E-state index in [1.165, 1.54) is 4.90 Å². The van der Waals surface area contributed by atoms with Gasteiger partial charge in [0.15, 0.2) is 0 Å². The highest BCUT2D eigenvalue weighted by atomic mass is 32.2. The molecule has 8 nitrogen and oxygen atoms in total. The van der Waals surface area contributed by atoms with Gasteiger partial charge < -0.3 is 15.3 Å². The smallest absolute Gasteiger partial charge is 0.323 e. The average Bonchev–Trinajstić information content (AvgIpc) is 2.25. The molecule has 0 heterocycles. The van der Waals surface area contributed by atoms with Crippen molar-refractivity contribution < 1.29 is 23.1 Å². The number of aliphatic carboxylic acids is 1. The summed E-state index contributed by atoms with van der Waals surface area (Å²) < 4.78 is 23.8. The second kappa shape index (κ2) is 8.70. The van der Waals surface area contributed by atoms with E-state index in [1.54, 1.807) is 0 Å². The Morgan fingerprint density at radius 3 is 2.37 bits per heavy atom. The Balaban J connectivity index is 3.96. The topological polar surface area (TPSA) is 116 Å². The first kappa shape index (κ1) is 17.6. The number of nitrogens with zero attached hydrogens (tertiary/aromatic N) is 1. The van der Waals surface area contributed by atoms with Gasteiger partial charge in [-0.05, 0) is 12.8 Å². The molecule has 0 saturated carbocycles. The Bertz CT molecular complexity index is 396. The lowest BCUT2D eigenvalue weighted by molar-refractivity contribution is -0.137. The Morgan fingerprint density at radius 2 is 1.89 bits per heavy atom. The molecule has 0 aromatic heterocycles. The zero-order chi connectivity index (χ0) is 14.9. The van der Waals surface area contributed by atoms with Crippen LogP contribution in [0.15, 0.2) is 0 Å². The van der Waals surface area contributed by atoms with Gasteiger partial charge in [0.05, 0.1) is 6.26 Å². The summed E-state index contributed by atoms with van der Waals surface area (Å²) in [5.74, 6) is -1.07. The predicted molar refractivity (Wildman–Crippen MR) is 70.4 cm³/mol. The van der Waals surface area contributed by atoms with E-state index in [0.717, 1.165) is 6.26 Å². The molecule has 0 aromatic rings. The van der Waals surface area contributed by atoms with Crippen LogP contribution in [0.5, 0.6) is 0 Å². The number of nitrogens with one attached hydrogen (secondary N) is 2. The lowest BCUT2D eigenvalue weighted by Gasteiger charge is -2.20. The molecule has 0 aromatic carbocycles. The Hall–Kier alpha value is -1.35. The molecule has 0 aliphatic carbocycles. The maximum atomic E-state index is 11.6. The molecule has 0 aliphatic rings. The van der Waals surface area contributed by atoms with Crippen LogP contribution in [-0.4, -0.2) is 62.9 Å². The molecular weight excluding hydrogens is 274 g/mol. The van der Waals surface area contributed by atoms with Crippen LogP contribution in [0.2, 0.25) is 0 Å². The van der Waals surface area contributed by atoms with Crippen molar-refractivity contribution in [3.8, 4) is 0 Å². The molecule has 0 aliphatic heterocycles. The van der Waals surface area contributed by atoms with Crippen molar-refractivity contribution in [3.05, 3.63) is 0 Å². The number of carboxylic acids is 1. The highest BCUT2D eigenvalue weighted by molar-refractivity contribution is 7.88. The number of hydrogen-bond acceptors (Lipinski definition) is 4. The van der Waals surface area contributed by atoms with Crippen LogP contribution >= 0.6 is 0 Å². The fraction of sp³-hybridized carbons (Fsp3) is 0.800. The van der Waals surface area contributed by atoms with E-state index in [9.17, 15) is 18.0 Å². The van der Waals surface area contributed by atoms with E-state index in [0.29, 0.717) is 19.4 Å². The maximum absolute atomic E-state index is 11.6. The number of sulfonamides is 1. The Kier molecular flexibility index (Phi) is 8.08. The average molecular weight is 295 g/mol. The lowest BCUT2D eigenvalue weighted by Crippen LogP contribution is -2.43. The summed E-state index contributed by atoms with van der Waals surface area (Å²) in [5, 5.41) is 11.2. The minimum absolute atomic E-state index is 0.228. The highest BCUT2D eigenvalue weighted by Gasteiger charge is 2.14. The van der Waals surface area contributed by atoms with Crippen molar-refractivity contribution in [2.45, 2.75) is 19.8 Å². The first-order valence-electron chi connectivity index (χ1n) is 5.95. The summed E-state index contributed by atoms with van der Waals surface area (Å²) in [5.41, 5.74) is 0. The summed E-state index contributed by atoms with van der Waals surface area (Å²) >= 11 is 0. The van der Waals surface area contributed by atoms with Crippen LogP contribution in [0.1, 0.15) is 19.8 Å². The minimum Gasteiger partial charge on any atom is -0.480 e. The number of rotatable bonds is 9. The second-order valence-corrected chi connectivity index (χ2v) is 5.90. The SMILES string of the molecule is CCCN(CC(=O)O)C(=O)NCCCNS(C)(=O)=O. The first-order chi connectivity index (χ1) is 8.76. The van der Waals surface area contributed by atoms with Gasteiger partial charge in [0.2, 0.25) is 10.0 Å². The molecule has 19 heavy (non-hydrogen) atoms. The van der Waals surface area contributed by atoms with Crippen LogP contribution in [0, 0.1) is 0 Å². The monoisotopic (exact) mass is 295 g/mol. The van der Waals surface area contributed by atoms with Gasteiger partial charge in [-0.3, -0.25) is 4.79 Å². The Labute approximate surface area is 113 Å². The van der Waals surface area contributed by atoms with Crippen LogP contribution in [0.25, 0.3) is 0 Å². The maximum Gasteiger partial charge on any atom is 0.323 e. The van der Waals surface area contributed by atoms with Crippen molar-refractivity contribution in [3.63, 3.8) is 0 Å². The van der Waals surface area contributed by atoms with E-state index in [-0.39, 0.29) is 19.6 Å². The third-order valence-electron chi connectivity index (χ3n) is 2.10. The van der Waals surface area contributed by atoms with Crippen molar-refractivity contribution in [1.29, 1.82) is 0 Å². The van der Waals surface area contributed by atoms with Crippen LogP contribution in [-0.2, 0) is 14.8 Å². The van der Waals surface area contributed by atoms with Crippen LogP contribution in [0.3, 0.4) is 0 Å². The fourth-order valence-electron chi connectivity index (χ4n) is 1.34. The van der Waals surface area contributed by atoms with Crippen molar-refractivity contribution in [2.24, 2.45) is 0 Å². The molecular formula is C10H21N3O5S. The Morgan fingerprint density at radius 1 is 1.26 bits per heavy atom. The summed E-state index contributed by atoms with van der Waals surface area (Å²) in [7, 11) is -3.22. The lowest BCUT2D eigenvalue weighted by atomic mass is 10.4. The van der Waals surface area contributed by atoms with Gasteiger partial charge in [0, 0.05) is 19.6 Å². The summed E-state index contributed by atoms with van der Waals surface area (Å²) in [6.07, 6.45) is 2.16. The van der Waals surface area contributed by atoms with E-state index in [1.807, 2.05) is 6.92 Å². The molecule has 9 heteroatoms. The molecule has 0 saturated heterocycles. The van der Waals surface area contributed by atoms with Gasteiger partial charge in [0.1, 0.15) is 6.54 Å². The summed E-state index contributed by atoms with van der Waals surface area (Å²) in [4.78, 5) is 23.4. The van der Waals surface area contributed by atoms with E-state index >= 15 is 0 Å². The molecule has 0 unspecified atom stereocenters. The van der Waals surface area contributed by atoms with Crippen LogP contribution in [0.4, 0.5) is 4.79 Å². The fourth-order valence-corrected chi connectivity index (χ4v) is 1.85. The largest absolute Gasteiger partial charge is 0.480 e. The van der Waals surface area contributed by atoms with E-state index in [4.69, 9.17) is 5.11 Å². The van der Waals surface area contributed by atoms with Crippen molar-refractivity contribution >= 4 is 22.0 Å². The molecule has 112 valence electrons. The number of carbonyl (C=O) groups is 2. The van der Waals surface area contributed by atoms with Crippen molar-refractivity contribution in [2.75, 3.05) is 32.4 Å². The molecule has 0 bridgehead atoms. The quantitative estimate of drug-likeness (QED) is 0.493. The van der Waals surface area contributed by atoms with E-state index < -0.39 is 22.0 Å². The second-order valence-electron chi connectivity index (χ2n) is 4.07. The zero-order valence-corrected chi connectivity index (χ0v) is 12.0. The molecule has 3 N–H and O–H groups in total. The van der Waals surface area contributed by atoms with E-state index in [2.05, 4.69) is 10.0 Å². The predicted octanol–water partition coefficient (Wildman–Crippen LogP) is -0.568. The third kappa shape index (κ3) is 10.3. The highest BCUT2D eigenvalue weighted by Crippen LogP contribution is 1.93. The van der Waals surface area contributed by atoms with Gasteiger partial charge in [-0.25, -0.2) is 17.9 Å². The first-order valence-corrected chi connectivity index (χ1v) is 7.84. The number of hydrogen-bond donors (Lipinski definition) is 3. The van der Waals surface area contributed by atoms with Crippen LogP contribution < -0.4 is 10.0 Å². The number of urea groups is 1. The molecule has 0 spiro atoms. The third-order valence-corrected chi connectivity index (χ3v) is 2.83. The number of carbonyl (C=O) groups excluding carboxylic acids is 1. The number of amides is 2. The molecule has 0 rings (SSSR count). The standard InChI is InChI=1S/C10H21N3O5S/c1-3-7-13(8-9(14)15)10(16)11-5-4-6-12-19(2,17)18/h12H,3-8H2,1-2H3,(H,11,16)(H,14,15). The molecule has 0 fully saturated rings. The zero-order valence-electron chi connectivity index (χ0n) is 11.2. The van der Waals surface area contributed by atoms with Gasteiger partial charge in [0.25, 0.3) is 0 Å².